The van der Waals surface area contributed by atoms with Gasteiger partial charge in [0.2, 0.25) is 11.0 Å². The molecule has 1 unspecified atom stereocenters. The molecule has 0 saturated carbocycles. The summed E-state index contributed by atoms with van der Waals surface area (Å²) in [5, 5.41) is 13.8. The van der Waals surface area contributed by atoms with Gasteiger partial charge in [-0.15, -0.1) is 10.2 Å². The van der Waals surface area contributed by atoms with Crippen LogP contribution in [0.15, 0.2) is 48.5 Å². The van der Waals surface area contributed by atoms with E-state index >= 15 is 0 Å². The first kappa shape index (κ1) is 22.6. The second-order valence-electron chi connectivity index (χ2n) is 7.27. The third kappa shape index (κ3) is 5.28. The number of carbonyl (C=O) groups is 2. The zero-order valence-electron chi connectivity index (χ0n) is 16.9. The van der Waals surface area contributed by atoms with Gasteiger partial charge >= 0.3 is 12.2 Å². The van der Waals surface area contributed by atoms with Gasteiger partial charge in [0.15, 0.2) is 0 Å². The molecule has 3 amide bonds. The predicted molar refractivity (Wildman–Crippen MR) is 114 cm³/mol. The number of nitrogens with one attached hydrogen (secondary N) is 2. The zero-order chi connectivity index (χ0) is 23.6. The van der Waals surface area contributed by atoms with Gasteiger partial charge in [0.05, 0.1) is 5.56 Å². The Kier molecular flexibility index (Phi) is 6.27. The summed E-state index contributed by atoms with van der Waals surface area (Å²) in [6.45, 7) is 0.321. The van der Waals surface area contributed by atoms with E-state index < -0.39 is 29.7 Å². The Labute approximate surface area is 189 Å². The maximum Gasteiger partial charge on any atom is 0.416 e. The van der Waals surface area contributed by atoms with Crippen LogP contribution >= 0.6 is 11.3 Å². The van der Waals surface area contributed by atoms with E-state index in [2.05, 4.69) is 20.8 Å². The number of benzene rings is 2. The molecule has 3 aromatic rings. The number of rotatable bonds is 4. The number of carbonyl (C=O) groups excluding carboxylic acids is 2. The number of aromatic nitrogens is 2. The fourth-order valence-electron chi connectivity index (χ4n) is 3.39. The van der Waals surface area contributed by atoms with Crippen LogP contribution < -0.4 is 10.6 Å². The van der Waals surface area contributed by atoms with E-state index in [0.29, 0.717) is 30.0 Å². The Bertz CT molecular complexity index is 1150. The van der Waals surface area contributed by atoms with Gasteiger partial charge in [0, 0.05) is 17.8 Å². The first-order valence-corrected chi connectivity index (χ1v) is 10.7. The molecule has 33 heavy (non-hydrogen) atoms. The van der Waals surface area contributed by atoms with Crippen LogP contribution in [0.5, 0.6) is 0 Å². The number of alkyl halides is 3. The van der Waals surface area contributed by atoms with Crippen molar-refractivity contribution in [2.45, 2.75) is 25.1 Å². The minimum absolute atomic E-state index is 0.187. The summed E-state index contributed by atoms with van der Waals surface area (Å²) in [7, 11) is 0. The number of halogens is 4. The van der Waals surface area contributed by atoms with Crippen LogP contribution in [0, 0.1) is 5.82 Å². The Balaban J connectivity index is 1.39. The van der Waals surface area contributed by atoms with E-state index in [1.807, 2.05) is 0 Å². The molecule has 0 spiro atoms. The predicted octanol–water partition coefficient (Wildman–Crippen LogP) is 5.00. The van der Waals surface area contributed by atoms with E-state index in [-0.39, 0.29) is 16.6 Å². The van der Waals surface area contributed by atoms with E-state index in [1.54, 1.807) is 12.1 Å². The Morgan fingerprint density at radius 2 is 1.70 bits per heavy atom. The molecule has 2 aromatic carbocycles. The summed E-state index contributed by atoms with van der Waals surface area (Å²) < 4.78 is 51.2. The number of amides is 3. The van der Waals surface area contributed by atoms with Gasteiger partial charge in [-0.25, -0.2) is 9.18 Å². The smallest absolute Gasteiger partial charge is 0.312 e. The molecule has 12 heteroatoms. The van der Waals surface area contributed by atoms with Crippen LogP contribution in [-0.4, -0.2) is 39.6 Å². The lowest BCUT2D eigenvalue weighted by molar-refractivity contribution is -0.137. The van der Waals surface area contributed by atoms with Gasteiger partial charge in [0.25, 0.3) is 0 Å². The monoisotopic (exact) mass is 479 g/mol. The van der Waals surface area contributed by atoms with Crippen LogP contribution in [0.25, 0.3) is 10.6 Å². The largest absolute Gasteiger partial charge is 0.416 e. The summed E-state index contributed by atoms with van der Waals surface area (Å²) >= 11 is 1.11. The van der Waals surface area contributed by atoms with Gasteiger partial charge in [-0.05, 0) is 61.4 Å². The van der Waals surface area contributed by atoms with Crippen molar-refractivity contribution in [3.63, 3.8) is 0 Å². The molecule has 1 atom stereocenters. The molecule has 7 nitrogen and oxygen atoms in total. The van der Waals surface area contributed by atoms with Gasteiger partial charge in [0.1, 0.15) is 16.9 Å². The molecule has 0 radical (unpaired) electrons. The molecule has 0 bridgehead atoms. The highest BCUT2D eigenvalue weighted by atomic mass is 32.1. The Hall–Kier alpha value is -3.54. The number of urea groups is 1. The highest BCUT2D eigenvalue weighted by Gasteiger charge is 2.35. The van der Waals surface area contributed by atoms with Crippen molar-refractivity contribution in [1.82, 2.24) is 15.1 Å². The van der Waals surface area contributed by atoms with Crippen LogP contribution in [-0.2, 0) is 11.0 Å². The Morgan fingerprint density at radius 3 is 2.36 bits per heavy atom. The van der Waals surface area contributed by atoms with Crippen molar-refractivity contribution in [2.24, 2.45) is 0 Å². The molecule has 2 N–H and O–H groups in total. The number of hydrogen-bond acceptors (Lipinski definition) is 5. The highest BCUT2D eigenvalue weighted by Crippen LogP contribution is 2.30. The van der Waals surface area contributed by atoms with Gasteiger partial charge in [-0.2, -0.15) is 13.2 Å². The van der Waals surface area contributed by atoms with E-state index in [1.165, 1.54) is 17.0 Å². The lowest BCUT2D eigenvalue weighted by Gasteiger charge is -2.23. The fraction of sp³-hybridized carbons (Fsp3) is 0.238. The molecule has 4 rings (SSSR count). The van der Waals surface area contributed by atoms with Crippen molar-refractivity contribution < 1.29 is 27.2 Å². The first-order chi connectivity index (χ1) is 15.7. The second kappa shape index (κ2) is 9.14. The molecule has 1 aliphatic rings. The van der Waals surface area contributed by atoms with Crippen molar-refractivity contribution in [3.8, 4) is 10.6 Å². The summed E-state index contributed by atoms with van der Waals surface area (Å²) in [5.74, 6) is -0.829. The minimum Gasteiger partial charge on any atom is -0.312 e. The normalized spacial score (nSPS) is 16.0. The SMILES string of the molecule is O=C(Nc1nnc(-c2ccc(F)cc2)s1)C1CCCN1C(=O)Nc1ccc(C(F)(F)F)cc1. The molecular formula is C21H17F4N5O2S. The molecular weight excluding hydrogens is 462 g/mol. The molecule has 2 heterocycles. The lowest BCUT2D eigenvalue weighted by atomic mass is 10.2. The van der Waals surface area contributed by atoms with Crippen LogP contribution in [0.3, 0.4) is 0 Å². The molecule has 1 fully saturated rings. The molecule has 0 aliphatic carbocycles. The summed E-state index contributed by atoms with van der Waals surface area (Å²) in [4.78, 5) is 26.7. The number of hydrogen-bond donors (Lipinski definition) is 2. The topological polar surface area (TPSA) is 87.2 Å². The first-order valence-electron chi connectivity index (χ1n) is 9.86. The Morgan fingerprint density at radius 1 is 1.00 bits per heavy atom. The quantitative estimate of drug-likeness (QED) is 0.516. The van der Waals surface area contributed by atoms with Crippen molar-refractivity contribution in [3.05, 3.63) is 59.9 Å². The van der Waals surface area contributed by atoms with Crippen molar-refractivity contribution in [2.75, 3.05) is 17.2 Å². The van der Waals surface area contributed by atoms with Crippen molar-refractivity contribution in [1.29, 1.82) is 0 Å². The molecule has 1 aromatic heterocycles. The third-order valence-corrected chi connectivity index (χ3v) is 5.91. The van der Waals surface area contributed by atoms with Crippen molar-refractivity contribution >= 4 is 34.1 Å². The fourth-order valence-corrected chi connectivity index (χ4v) is 4.14. The highest BCUT2D eigenvalue weighted by molar-refractivity contribution is 7.18. The second-order valence-corrected chi connectivity index (χ2v) is 8.24. The zero-order valence-corrected chi connectivity index (χ0v) is 17.7. The van der Waals surface area contributed by atoms with Gasteiger partial charge in [-0.1, -0.05) is 11.3 Å². The summed E-state index contributed by atoms with van der Waals surface area (Å²) in [6.07, 6.45) is -3.45. The van der Waals surface area contributed by atoms with E-state index in [9.17, 15) is 27.2 Å². The maximum absolute atomic E-state index is 13.1. The van der Waals surface area contributed by atoms with E-state index in [4.69, 9.17) is 0 Å². The summed E-state index contributed by atoms with van der Waals surface area (Å²) in [6, 6.07) is 8.39. The number of anilines is 2. The van der Waals surface area contributed by atoms with Crippen LogP contribution in [0.1, 0.15) is 18.4 Å². The average Bonchev–Trinajstić information content (AvgIpc) is 3.44. The van der Waals surface area contributed by atoms with Gasteiger partial charge in [-0.3, -0.25) is 10.1 Å². The van der Waals surface area contributed by atoms with Crippen LogP contribution in [0.4, 0.5) is 33.2 Å². The minimum atomic E-state index is -4.47. The molecule has 172 valence electrons. The number of nitrogens with zero attached hydrogens (tertiary/aromatic N) is 3. The van der Waals surface area contributed by atoms with Crippen LogP contribution in [0.2, 0.25) is 0 Å². The standard InChI is InChI=1S/C21H17F4N5O2S/c22-14-7-3-12(4-8-14)18-28-29-19(33-18)27-17(31)16-2-1-11-30(16)20(32)26-15-9-5-13(6-10-15)21(23,24)25/h3-10,16H,1-2,11H2,(H,26,32)(H,27,29,31). The maximum atomic E-state index is 13.1. The van der Waals surface area contributed by atoms with E-state index in [0.717, 1.165) is 35.6 Å². The van der Waals surface area contributed by atoms with Gasteiger partial charge < -0.3 is 10.2 Å². The molecule has 1 saturated heterocycles. The number of likely N-dealkylation sites (tertiary alicyclic amines) is 1. The third-order valence-electron chi connectivity index (χ3n) is 5.03. The molecule has 1 aliphatic heterocycles. The lowest BCUT2D eigenvalue weighted by Crippen LogP contribution is -2.45. The average molecular weight is 479 g/mol. The summed E-state index contributed by atoms with van der Waals surface area (Å²) in [5.41, 5.74) is 0.0101.